The molecule has 2 aromatic rings. The molecule has 0 saturated carbocycles. The van der Waals surface area contributed by atoms with Crippen LogP contribution in [0.15, 0.2) is 36.5 Å². The zero-order valence-corrected chi connectivity index (χ0v) is 11.0. The SMILES string of the molecule is CNc1ncccc1COc1cc(C#N)ccc1C. The molecule has 0 aliphatic carbocycles. The second kappa shape index (κ2) is 5.87. The molecule has 1 N–H and O–H groups in total. The van der Waals surface area contributed by atoms with Gasteiger partial charge in [0, 0.05) is 18.8 Å². The Hall–Kier alpha value is -2.54. The number of anilines is 1. The van der Waals surface area contributed by atoms with Gasteiger partial charge in [0.15, 0.2) is 0 Å². The van der Waals surface area contributed by atoms with Crippen molar-refractivity contribution in [2.45, 2.75) is 13.5 Å². The number of nitriles is 1. The number of nitrogens with one attached hydrogen (secondary N) is 1. The number of aromatic nitrogens is 1. The molecule has 0 fully saturated rings. The van der Waals surface area contributed by atoms with Crippen LogP contribution in [0.4, 0.5) is 5.82 Å². The van der Waals surface area contributed by atoms with Crippen molar-refractivity contribution in [1.82, 2.24) is 4.98 Å². The zero-order chi connectivity index (χ0) is 13.7. The lowest BCUT2D eigenvalue weighted by Gasteiger charge is -2.11. The Bertz CT molecular complexity index is 617. The van der Waals surface area contributed by atoms with Crippen molar-refractivity contribution in [2.24, 2.45) is 0 Å². The van der Waals surface area contributed by atoms with Gasteiger partial charge >= 0.3 is 0 Å². The highest BCUT2D eigenvalue weighted by Gasteiger charge is 2.05. The van der Waals surface area contributed by atoms with Gasteiger partial charge in [-0.1, -0.05) is 12.1 Å². The largest absolute Gasteiger partial charge is 0.488 e. The minimum atomic E-state index is 0.416. The predicted octanol–water partition coefficient (Wildman–Crippen LogP) is 2.88. The Morgan fingerprint density at radius 1 is 1.37 bits per heavy atom. The molecule has 2 rings (SSSR count). The van der Waals surface area contributed by atoms with Crippen LogP contribution in [0.25, 0.3) is 0 Å². The van der Waals surface area contributed by atoms with Crippen LogP contribution in [0.3, 0.4) is 0 Å². The average molecular weight is 253 g/mol. The van der Waals surface area contributed by atoms with Crippen molar-refractivity contribution in [2.75, 3.05) is 12.4 Å². The van der Waals surface area contributed by atoms with E-state index >= 15 is 0 Å². The number of pyridine rings is 1. The maximum atomic E-state index is 8.89. The zero-order valence-electron chi connectivity index (χ0n) is 11.0. The highest BCUT2D eigenvalue weighted by molar-refractivity contribution is 5.44. The third-order valence-electron chi connectivity index (χ3n) is 2.83. The van der Waals surface area contributed by atoms with E-state index in [1.165, 1.54) is 0 Å². The topological polar surface area (TPSA) is 57.9 Å². The van der Waals surface area contributed by atoms with Crippen molar-refractivity contribution in [3.8, 4) is 11.8 Å². The number of aryl methyl sites for hydroxylation is 1. The van der Waals surface area contributed by atoms with E-state index in [-0.39, 0.29) is 0 Å². The van der Waals surface area contributed by atoms with Gasteiger partial charge in [-0.05, 0) is 30.7 Å². The van der Waals surface area contributed by atoms with Gasteiger partial charge < -0.3 is 10.1 Å². The Balaban J connectivity index is 2.17. The summed E-state index contributed by atoms with van der Waals surface area (Å²) in [6.07, 6.45) is 1.73. The molecule has 1 aromatic heterocycles. The van der Waals surface area contributed by atoms with Crippen LogP contribution in [-0.4, -0.2) is 12.0 Å². The summed E-state index contributed by atoms with van der Waals surface area (Å²) < 4.78 is 5.78. The average Bonchev–Trinajstić information content (AvgIpc) is 2.46. The summed E-state index contributed by atoms with van der Waals surface area (Å²) in [6.45, 7) is 2.37. The molecule has 4 nitrogen and oxygen atoms in total. The van der Waals surface area contributed by atoms with E-state index in [4.69, 9.17) is 10.00 Å². The lowest BCUT2D eigenvalue weighted by molar-refractivity contribution is 0.304. The first-order chi connectivity index (χ1) is 9.24. The van der Waals surface area contributed by atoms with Gasteiger partial charge in [0.05, 0.1) is 11.6 Å². The van der Waals surface area contributed by atoms with E-state index in [1.807, 2.05) is 32.2 Å². The number of benzene rings is 1. The quantitative estimate of drug-likeness (QED) is 0.910. The molecule has 96 valence electrons. The first-order valence-corrected chi connectivity index (χ1v) is 6.00. The number of ether oxygens (including phenoxy) is 1. The fraction of sp³-hybridized carbons (Fsp3) is 0.200. The summed E-state index contributed by atoms with van der Waals surface area (Å²) in [5.41, 5.74) is 2.58. The van der Waals surface area contributed by atoms with Crippen LogP contribution in [0, 0.1) is 18.3 Å². The van der Waals surface area contributed by atoms with Gasteiger partial charge in [0.25, 0.3) is 0 Å². The first kappa shape index (κ1) is 12.9. The first-order valence-electron chi connectivity index (χ1n) is 6.00. The van der Waals surface area contributed by atoms with E-state index < -0.39 is 0 Å². The van der Waals surface area contributed by atoms with Gasteiger partial charge in [-0.3, -0.25) is 0 Å². The summed E-state index contributed by atoms with van der Waals surface area (Å²) in [4.78, 5) is 4.22. The summed E-state index contributed by atoms with van der Waals surface area (Å²) >= 11 is 0. The third kappa shape index (κ3) is 3.02. The van der Waals surface area contributed by atoms with Crippen molar-refractivity contribution in [1.29, 1.82) is 5.26 Å². The van der Waals surface area contributed by atoms with Crippen LogP contribution in [0.5, 0.6) is 5.75 Å². The van der Waals surface area contributed by atoms with Crippen molar-refractivity contribution in [3.63, 3.8) is 0 Å². The highest BCUT2D eigenvalue weighted by Crippen LogP contribution is 2.21. The normalized spacial score (nSPS) is 9.74. The summed E-state index contributed by atoms with van der Waals surface area (Å²) in [6, 6.07) is 11.4. The number of rotatable bonds is 4. The molecule has 0 amide bonds. The second-order valence-electron chi connectivity index (χ2n) is 4.14. The molecule has 1 heterocycles. The van der Waals surface area contributed by atoms with E-state index in [0.717, 1.165) is 22.7 Å². The van der Waals surface area contributed by atoms with Crippen LogP contribution >= 0.6 is 0 Å². The van der Waals surface area contributed by atoms with Crippen LogP contribution in [0.1, 0.15) is 16.7 Å². The van der Waals surface area contributed by atoms with Gasteiger partial charge in [-0.25, -0.2) is 4.98 Å². The van der Waals surface area contributed by atoms with Crippen LogP contribution in [0.2, 0.25) is 0 Å². The monoisotopic (exact) mass is 253 g/mol. The molecule has 0 spiro atoms. The minimum absolute atomic E-state index is 0.416. The fourth-order valence-electron chi connectivity index (χ4n) is 1.76. The Morgan fingerprint density at radius 2 is 2.21 bits per heavy atom. The molecule has 0 atom stereocenters. The van der Waals surface area contributed by atoms with Crippen molar-refractivity contribution < 1.29 is 4.74 Å². The lowest BCUT2D eigenvalue weighted by Crippen LogP contribution is -2.03. The Morgan fingerprint density at radius 3 is 2.95 bits per heavy atom. The van der Waals surface area contributed by atoms with Gasteiger partial charge in [-0.2, -0.15) is 5.26 Å². The molecule has 0 unspecified atom stereocenters. The predicted molar refractivity (Wildman–Crippen MR) is 74.0 cm³/mol. The second-order valence-corrected chi connectivity index (χ2v) is 4.14. The lowest BCUT2D eigenvalue weighted by atomic mass is 10.1. The fourth-order valence-corrected chi connectivity index (χ4v) is 1.76. The molecule has 0 aliphatic heterocycles. The van der Waals surface area contributed by atoms with Crippen LogP contribution < -0.4 is 10.1 Å². The van der Waals surface area contributed by atoms with E-state index in [9.17, 15) is 0 Å². The number of nitrogens with zero attached hydrogens (tertiary/aromatic N) is 2. The maximum Gasteiger partial charge on any atom is 0.132 e. The molecule has 19 heavy (non-hydrogen) atoms. The molecule has 0 bridgehead atoms. The number of hydrogen-bond donors (Lipinski definition) is 1. The molecule has 4 heteroatoms. The summed E-state index contributed by atoms with van der Waals surface area (Å²) in [5.74, 6) is 1.53. The van der Waals surface area contributed by atoms with Crippen molar-refractivity contribution >= 4 is 5.82 Å². The minimum Gasteiger partial charge on any atom is -0.488 e. The Labute approximate surface area is 112 Å². The molecule has 0 saturated heterocycles. The molecule has 1 aromatic carbocycles. The third-order valence-corrected chi connectivity index (χ3v) is 2.83. The molecule has 0 radical (unpaired) electrons. The molecule has 0 aliphatic rings. The van der Waals surface area contributed by atoms with E-state index in [2.05, 4.69) is 16.4 Å². The molecular weight excluding hydrogens is 238 g/mol. The Kier molecular flexibility index (Phi) is 3.99. The number of hydrogen-bond acceptors (Lipinski definition) is 4. The van der Waals surface area contributed by atoms with E-state index in [0.29, 0.717) is 12.2 Å². The molecular formula is C15H15N3O. The van der Waals surface area contributed by atoms with Gasteiger partial charge in [0.2, 0.25) is 0 Å². The summed E-state index contributed by atoms with van der Waals surface area (Å²) in [5, 5.41) is 11.9. The van der Waals surface area contributed by atoms with Gasteiger partial charge in [0.1, 0.15) is 18.2 Å². The van der Waals surface area contributed by atoms with Crippen LogP contribution in [-0.2, 0) is 6.61 Å². The van der Waals surface area contributed by atoms with Crippen molar-refractivity contribution in [3.05, 3.63) is 53.2 Å². The standard InChI is InChI=1S/C15H15N3O/c1-11-5-6-12(9-16)8-14(11)19-10-13-4-3-7-18-15(13)17-2/h3-8H,10H2,1-2H3,(H,17,18). The van der Waals surface area contributed by atoms with Gasteiger partial charge in [-0.15, -0.1) is 0 Å². The smallest absolute Gasteiger partial charge is 0.132 e. The van der Waals surface area contributed by atoms with E-state index in [1.54, 1.807) is 18.3 Å². The maximum absolute atomic E-state index is 8.89. The highest BCUT2D eigenvalue weighted by atomic mass is 16.5. The summed E-state index contributed by atoms with van der Waals surface area (Å²) in [7, 11) is 1.83.